The van der Waals surface area contributed by atoms with Gasteiger partial charge in [-0.2, -0.15) is 5.10 Å². The van der Waals surface area contributed by atoms with Crippen molar-refractivity contribution in [1.82, 2.24) is 14.8 Å². The summed E-state index contributed by atoms with van der Waals surface area (Å²) in [6.45, 7) is 2.99. The fraction of sp³-hybridized carbons (Fsp3) is 0.444. The molecule has 3 aromatic rings. The van der Waals surface area contributed by atoms with E-state index in [1.807, 2.05) is 24.7 Å². The van der Waals surface area contributed by atoms with Gasteiger partial charge in [-0.3, -0.25) is 0 Å². The van der Waals surface area contributed by atoms with E-state index in [0.29, 0.717) is 0 Å². The van der Waals surface area contributed by atoms with Gasteiger partial charge in [0.15, 0.2) is 10.8 Å². The molecular formula is C18H21FN4S. The Morgan fingerprint density at radius 3 is 2.92 bits per heavy atom. The topological polar surface area (TPSA) is 34.0 Å². The van der Waals surface area contributed by atoms with E-state index >= 15 is 0 Å². The summed E-state index contributed by atoms with van der Waals surface area (Å²) < 4.78 is 16.7. The van der Waals surface area contributed by atoms with Gasteiger partial charge in [-0.15, -0.1) is 0 Å². The van der Waals surface area contributed by atoms with Crippen molar-refractivity contribution in [3.05, 3.63) is 41.3 Å². The summed E-state index contributed by atoms with van der Waals surface area (Å²) in [4.78, 5) is 7.21. The molecule has 0 N–H and O–H groups in total. The number of nitrogens with zero attached hydrogens (tertiary/aromatic N) is 4. The van der Waals surface area contributed by atoms with Gasteiger partial charge in [-0.25, -0.2) is 14.1 Å². The van der Waals surface area contributed by atoms with Crippen LogP contribution in [0.2, 0.25) is 0 Å². The Hall–Kier alpha value is -1.95. The van der Waals surface area contributed by atoms with Gasteiger partial charge in [-0.05, 0) is 37.5 Å². The Morgan fingerprint density at radius 1 is 1.25 bits per heavy atom. The Balaban J connectivity index is 1.77. The van der Waals surface area contributed by atoms with Crippen LogP contribution in [0.15, 0.2) is 24.3 Å². The highest BCUT2D eigenvalue weighted by atomic mass is 32.1. The molecule has 0 spiro atoms. The maximum absolute atomic E-state index is 13.7. The second-order valence-electron chi connectivity index (χ2n) is 6.47. The highest BCUT2D eigenvalue weighted by molar-refractivity contribution is 7.22. The van der Waals surface area contributed by atoms with Gasteiger partial charge in [-0.1, -0.05) is 36.3 Å². The van der Waals surface area contributed by atoms with Crippen LogP contribution < -0.4 is 4.90 Å². The molecule has 1 aliphatic heterocycles. The summed E-state index contributed by atoms with van der Waals surface area (Å²) in [7, 11) is 1.94. The molecule has 0 radical (unpaired) electrons. The number of fused-ring (bicyclic) bond motifs is 1. The Labute approximate surface area is 144 Å². The molecule has 4 rings (SSSR count). The molecule has 0 bridgehead atoms. The van der Waals surface area contributed by atoms with Gasteiger partial charge in [0.1, 0.15) is 5.82 Å². The van der Waals surface area contributed by atoms with Crippen molar-refractivity contribution in [3.63, 3.8) is 0 Å². The van der Waals surface area contributed by atoms with E-state index in [2.05, 4.69) is 10.00 Å². The van der Waals surface area contributed by atoms with Crippen molar-refractivity contribution < 1.29 is 4.39 Å². The largest absolute Gasteiger partial charge is 0.341 e. The number of aromatic nitrogens is 3. The highest BCUT2D eigenvalue weighted by Gasteiger charge is 2.26. The predicted molar refractivity (Wildman–Crippen MR) is 96.1 cm³/mol. The average molecular weight is 344 g/mol. The van der Waals surface area contributed by atoms with Crippen LogP contribution in [-0.4, -0.2) is 21.3 Å². The third-order valence-electron chi connectivity index (χ3n) is 4.77. The van der Waals surface area contributed by atoms with Gasteiger partial charge in [0.2, 0.25) is 0 Å². The number of hydrogen-bond donors (Lipinski definition) is 0. The molecule has 1 aromatic carbocycles. The normalized spacial score (nSPS) is 19.0. The molecule has 0 aliphatic carbocycles. The lowest BCUT2D eigenvalue weighted by atomic mass is 10.0. The molecule has 0 amide bonds. The van der Waals surface area contributed by atoms with Crippen molar-refractivity contribution in [2.45, 2.75) is 38.6 Å². The van der Waals surface area contributed by atoms with Crippen molar-refractivity contribution in [2.75, 3.05) is 11.4 Å². The number of hydrogen-bond acceptors (Lipinski definition) is 4. The number of thiazole rings is 1. The van der Waals surface area contributed by atoms with Crippen molar-refractivity contribution in [1.29, 1.82) is 0 Å². The summed E-state index contributed by atoms with van der Waals surface area (Å²) in [6, 6.07) is 7.21. The summed E-state index contributed by atoms with van der Waals surface area (Å²) in [6.07, 6.45) is 4.58. The molecule has 1 atom stereocenters. The Morgan fingerprint density at radius 2 is 2.12 bits per heavy atom. The van der Waals surface area contributed by atoms with Crippen LogP contribution >= 0.6 is 11.3 Å². The SMILES string of the molecule is Cc1nn(C)c2nc(N3CCCCC[C@H]3c3cccc(F)c3)sc12. The summed E-state index contributed by atoms with van der Waals surface area (Å²) in [5.74, 6) is -0.166. The first kappa shape index (κ1) is 15.6. The van der Waals surface area contributed by atoms with E-state index < -0.39 is 0 Å². The molecule has 126 valence electrons. The zero-order valence-corrected chi connectivity index (χ0v) is 14.8. The van der Waals surface area contributed by atoms with Crippen LogP contribution in [0.3, 0.4) is 0 Å². The van der Waals surface area contributed by atoms with E-state index in [-0.39, 0.29) is 11.9 Å². The fourth-order valence-corrected chi connectivity index (χ4v) is 4.70. The number of halogens is 1. The van der Waals surface area contributed by atoms with E-state index in [4.69, 9.17) is 4.98 Å². The minimum Gasteiger partial charge on any atom is -0.341 e. The van der Waals surface area contributed by atoms with Crippen LogP contribution in [0, 0.1) is 12.7 Å². The number of anilines is 1. The van der Waals surface area contributed by atoms with E-state index in [1.165, 1.54) is 18.9 Å². The first-order chi connectivity index (χ1) is 11.6. The van der Waals surface area contributed by atoms with Crippen molar-refractivity contribution in [2.24, 2.45) is 7.05 Å². The van der Waals surface area contributed by atoms with E-state index in [9.17, 15) is 4.39 Å². The second kappa shape index (κ2) is 6.16. The van der Waals surface area contributed by atoms with Crippen LogP contribution in [0.25, 0.3) is 10.3 Å². The van der Waals surface area contributed by atoms with Crippen molar-refractivity contribution >= 4 is 26.8 Å². The lowest BCUT2D eigenvalue weighted by molar-refractivity contribution is 0.585. The maximum Gasteiger partial charge on any atom is 0.188 e. The zero-order valence-electron chi connectivity index (χ0n) is 14.0. The molecule has 3 heterocycles. The minimum atomic E-state index is -0.166. The third-order valence-corrected chi connectivity index (χ3v) is 5.96. The molecule has 4 nitrogen and oxygen atoms in total. The van der Waals surface area contributed by atoms with Gasteiger partial charge in [0.25, 0.3) is 0 Å². The monoisotopic (exact) mass is 344 g/mol. The zero-order chi connectivity index (χ0) is 16.7. The smallest absolute Gasteiger partial charge is 0.188 e. The molecule has 0 saturated carbocycles. The number of rotatable bonds is 2. The lowest BCUT2D eigenvalue weighted by Crippen LogP contribution is -2.28. The quantitative estimate of drug-likeness (QED) is 0.681. The molecule has 2 aromatic heterocycles. The fourth-order valence-electron chi connectivity index (χ4n) is 3.59. The minimum absolute atomic E-state index is 0.166. The molecule has 1 fully saturated rings. The van der Waals surface area contributed by atoms with Crippen molar-refractivity contribution in [3.8, 4) is 0 Å². The third kappa shape index (κ3) is 2.69. The summed E-state index contributed by atoms with van der Waals surface area (Å²) in [5, 5.41) is 5.47. The number of aryl methyl sites for hydroxylation is 2. The molecule has 1 saturated heterocycles. The molecule has 24 heavy (non-hydrogen) atoms. The van der Waals surface area contributed by atoms with Gasteiger partial charge >= 0.3 is 0 Å². The van der Waals surface area contributed by atoms with Gasteiger partial charge in [0.05, 0.1) is 16.4 Å². The Kier molecular flexibility index (Phi) is 4.00. The van der Waals surface area contributed by atoms with Crippen LogP contribution in [0.4, 0.5) is 9.52 Å². The molecule has 0 unspecified atom stereocenters. The predicted octanol–water partition coefficient (Wildman–Crippen LogP) is 4.60. The molecule has 1 aliphatic rings. The summed E-state index contributed by atoms with van der Waals surface area (Å²) in [5.41, 5.74) is 3.01. The maximum atomic E-state index is 13.7. The lowest BCUT2D eigenvalue weighted by Gasteiger charge is -2.30. The summed E-state index contributed by atoms with van der Waals surface area (Å²) >= 11 is 1.70. The van der Waals surface area contributed by atoms with Crippen LogP contribution in [-0.2, 0) is 7.05 Å². The average Bonchev–Trinajstić information content (AvgIpc) is 2.99. The second-order valence-corrected chi connectivity index (χ2v) is 7.45. The van der Waals surface area contributed by atoms with Crippen LogP contribution in [0.5, 0.6) is 0 Å². The first-order valence-corrected chi connectivity index (χ1v) is 9.27. The number of benzene rings is 1. The first-order valence-electron chi connectivity index (χ1n) is 8.46. The van der Waals surface area contributed by atoms with E-state index in [0.717, 1.165) is 46.1 Å². The van der Waals surface area contributed by atoms with Gasteiger partial charge < -0.3 is 4.90 Å². The van der Waals surface area contributed by atoms with Gasteiger partial charge in [0, 0.05) is 13.6 Å². The molecule has 6 heteroatoms. The Bertz CT molecular complexity index is 835. The standard InChI is InChI=1S/C18H21FN4S/c1-12-16-17(22(2)21-12)20-18(24-16)23-10-5-3-4-9-15(23)13-7-6-8-14(19)11-13/h6-8,11,15H,3-5,9-10H2,1-2H3/t15-/m0/s1. The van der Waals surface area contributed by atoms with E-state index in [1.54, 1.807) is 23.5 Å². The molecular weight excluding hydrogens is 323 g/mol. The van der Waals surface area contributed by atoms with Crippen LogP contribution in [0.1, 0.15) is 43.0 Å². The highest BCUT2D eigenvalue weighted by Crippen LogP contribution is 2.38.